The summed E-state index contributed by atoms with van der Waals surface area (Å²) >= 11 is 0. The van der Waals surface area contributed by atoms with E-state index in [2.05, 4.69) is 33.4 Å². The summed E-state index contributed by atoms with van der Waals surface area (Å²) in [4.78, 5) is 28.7. The van der Waals surface area contributed by atoms with Crippen LogP contribution in [0.3, 0.4) is 0 Å². The highest BCUT2D eigenvalue weighted by molar-refractivity contribution is 5.84. The summed E-state index contributed by atoms with van der Waals surface area (Å²) in [7, 11) is 0. The largest absolute Gasteiger partial charge is 0.372 e. The Balaban J connectivity index is 1.15. The van der Waals surface area contributed by atoms with Crippen molar-refractivity contribution in [3.05, 3.63) is 78.0 Å². The van der Waals surface area contributed by atoms with Gasteiger partial charge < -0.3 is 20.0 Å². The number of benzene rings is 1. The molecule has 2 aromatic heterocycles. The average Bonchev–Trinajstić information content (AvgIpc) is 3.62. The van der Waals surface area contributed by atoms with Gasteiger partial charge in [-0.2, -0.15) is 0 Å². The van der Waals surface area contributed by atoms with Crippen molar-refractivity contribution in [2.45, 2.75) is 38.1 Å². The molecular weight excluding hydrogens is 500 g/mol. The number of fused-ring (bicyclic) bond motifs is 1. The third-order valence-corrected chi connectivity index (χ3v) is 7.93. The number of amides is 1. The van der Waals surface area contributed by atoms with Gasteiger partial charge in [0, 0.05) is 69.3 Å². The van der Waals surface area contributed by atoms with E-state index in [1.807, 2.05) is 22.4 Å². The number of nitrogens with zero attached hydrogens (tertiary/aromatic N) is 6. The van der Waals surface area contributed by atoms with E-state index < -0.39 is 17.7 Å². The first-order valence-corrected chi connectivity index (χ1v) is 13.7. The van der Waals surface area contributed by atoms with Crippen LogP contribution in [0.2, 0.25) is 0 Å². The lowest BCUT2D eigenvalue weighted by molar-refractivity contribution is -0.131. The van der Waals surface area contributed by atoms with Crippen molar-refractivity contribution in [2.24, 2.45) is 0 Å². The molecule has 2 fully saturated rings. The van der Waals surface area contributed by atoms with E-state index in [4.69, 9.17) is 4.98 Å². The minimum atomic E-state index is -0.598. The minimum absolute atomic E-state index is 0.0282. The second-order valence-electron chi connectivity index (χ2n) is 10.4. The van der Waals surface area contributed by atoms with E-state index in [9.17, 15) is 13.6 Å². The number of aromatic nitrogens is 3. The molecule has 0 radical (unpaired) electrons. The molecule has 3 aromatic rings. The molecule has 1 aromatic carbocycles. The van der Waals surface area contributed by atoms with Gasteiger partial charge >= 0.3 is 0 Å². The molecule has 1 aliphatic carbocycles. The molecule has 8 nitrogen and oxygen atoms in total. The number of nitrogens with one attached hydrogen (secondary N) is 1. The van der Waals surface area contributed by atoms with E-state index in [0.717, 1.165) is 42.7 Å². The van der Waals surface area contributed by atoms with Crippen molar-refractivity contribution in [3.63, 3.8) is 0 Å². The minimum Gasteiger partial charge on any atom is -0.372 e. The second-order valence-corrected chi connectivity index (χ2v) is 10.4. The van der Waals surface area contributed by atoms with Crippen molar-refractivity contribution in [1.29, 1.82) is 0 Å². The Morgan fingerprint density at radius 2 is 1.87 bits per heavy atom. The van der Waals surface area contributed by atoms with Crippen LogP contribution >= 0.6 is 0 Å². The molecule has 1 N–H and O–H groups in total. The summed E-state index contributed by atoms with van der Waals surface area (Å²) in [6.45, 7) is 5.96. The van der Waals surface area contributed by atoms with Gasteiger partial charge in [-0.1, -0.05) is 12.2 Å². The molecule has 2 aliphatic heterocycles. The predicted molar refractivity (Wildman–Crippen MR) is 147 cm³/mol. The highest BCUT2D eigenvalue weighted by Gasteiger charge is 2.29. The Bertz CT molecular complexity index is 1420. The van der Waals surface area contributed by atoms with Crippen LogP contribution in [0.1, 0.15) is 37.8 Å². The molecule has 4 heterocycles. The fraction of sp³-hybridized carbons (Fsp3) is 0.414. The van der Waals surface area contributed by atoms with Crippen LogP contribution in [0.5, 0.6) is 0 Å². The first-order valence-electron chi connectivity index (χ1n) is 13.7. The monoisotopic (exact) mass is 533 g/mol. The molecule has 2 unspecified atom stereocenters. The SMILES string of the molecule is CC(Nc1c(C2C=CC(N3CCCC3)=CC2)nc2cnccn12)C(=O)N1CCN(c2ccc(F)cc2F)CC1. The van der Waals surface area contributed by atoms with E-state index in [1.165, 1.54) is 30.7 Å². The van der Waals surface area contributed by atoms with Gasteiger partial charge in [-0.05, 0) is 44.4 Å². The standard InChI is InChI=1S/C29H33F2N7O/c1-20(29(39)37-16-14-36(15-17-37)25-9-6-22(30)18-24(25)31)33-28-27(34-26-19-32-10-13-38(26)28)21-4-7-23(8-5-21)35-11-2-3-12-35/h4,6-10,13,18-21,33H,2-3,5,11-12,14-17H2,1H3. The molecule has 39 heavy (non-hydrogen) atoms. The van der Waals surface area contributed by atoms with Crippen molar-refractivity contribution in [1.82, 2.24) is 24.2 Å². The lowest BCUT2D eigenvalue weighted by Crippen LogP contribution is -2.52. The van der Waals surface area contributed by atoms with E-state index in [1.54, 1.807) is 17.3 Å². The number of anilines is 2. The van der Waals surface area contributed by atoms with Crippen LogP contribution in [0, 0.1) is 11.6 Å². The summed E-state index contributed by atoms with van der Waals surface area (Å²) in [6, 6.07) is 3.12. The third kappa shape index (κ3) is 5.07. The number of piperazine rings is 1. The van der Waals surface area contributed by atoms with Crippen LogP contribution < -0.4 is 10.2 Å². The number of rotatable bonds is 6. The summed E-state index contributed by atoms with van der Waals surface area (Å²) in [6.07, 6.45) is 15.3. The topological polar surface area (TPSA) is 69.0 Å². The summed E-state index contributed by atoms with van der Waals surface area (Å²) in [5, 5.41) is 3.45. The highest BCUT2D eigenvalue weighted by Crippen LogP contribution is 2.34. The Labute approximate surface area is 226 Å². The molecule has 2 saturated heterocycles. The summed E-state index contributed by atoms with van der Waals surface area (Å²) in [5.41, 5.74) is 3.27. The first-order chi connectivity index (χ1) is 19.0. The van der Waals surface area contributed by atoms with Gasteiger partial charge in [0.2, 0.25) is 5.91 Å². The van der Waals surface area contributed by atoms with Crippen LogP contribution in [0.4, 0.5) is 20.3 Å². The Morgan fingerprint density at radius 1 is 1.08 bits per heavy atom. The van der Waals surface area contributed by atoms with Gasteiger partial charge in [-0.3, -0.25) is 14.2 Å². The maximum absolute atomic E-state index is 14.3. The zero-order valence-electron chi connectivity index (χ0n) is 22.1. The maximum Gasteiger partial charge on any atom is 0.244 e. The summed E-state index contributed by atoms with van der Waals surface area (Å²) < 4.78 is 29.5. The fourth-order valence-electron chi connectivity index (χ4n) is 5.79. The van der Waals surface area contributed by atoms with Crippen LogP contribution in [0.25, 0.3) is 5.65 Å². The Kier molecular flexibility index (Phi) is 6.93. The zero-order chi connectivity index (χ0) is 26.9. The number of carbonyl (C=O) groups excluding carboxylic acids is 1. The maximum atomic E-state index is 14.3. The van der Waals surface area contributed by atoms with E-state index >= 15 is 0 Å². The number of allylic oxidation sites excluding steroid dienone is 3. The summed E-state index contributed by atoms with van der Waals surface area (Å²) in [5.74, 6) is -0.319. The van der Waals surface area contributed by atoms with Crippen molar-refractivity contribution < 1.29 is 13.6 Å². The van der Waals surface area contributed by atoms with Crippen LogP contribution in [-0.2, 0) is 4.79 Å². The smallest absolute Gasteiger partial charge is 0.244 e. The van der Waals surface area contributed by atoms with Gasteiger partial charge in [-0.15, -0.1) is 0 Å². The molecule has 3 aliphatic rings. The van der Waals surface area contributed by atoms with E-state index in [-0.39, 0.29) is 11.8 Å². The number of imidazole rings is 1. The Morgan fingerprint density at radius 3 is 2.59 bits per heavy atom. The van der Waals surface area contributed by atoms with Crippen molar-refractivity contribution >= 4 is 23.1 Å². The van der Waals surface area contributed by atoms with Gasteiger partial charge in [-0.25, -0.2) is 13.8 Å². The number of carbonyl (C=O) groups is 1. The zero-order valence-corrected chi connectivity index (χ0v) is 22.1. The number of halogens is 2. The molecule has 1 amide bonds. The van der Waals surface area contributed by atoms with Gasteiger partial charge in [0.25, 0.3) is 0 Å². The predicted octanol–water partition coefficient (Wildman–Crippen LogP) is 4.18. The van der Waals surface area contributed by atoms with Crippen LogP contribution in [0.15, 0.2) is 60.7 Å². The van der Waals surface area contributed by atoms with Gasteiger partial charge in [0.05, 0.1) is 17.6 Å². The van der Waals surface area contributed by atoms with E-state index in [0.29, 0.717) is 31.9 Å². The molecule has 6 rings (SSSR count). The average molecular weight is 534 g/mol. The lowest BCUT2D eigenvalue weighted by Gasteiger charge is -2.37. The first kappa shape index (κ1) is 25.3. The number of hydrogen-bond acceptors (Lipinski definition) is 6. The number of hydrogen-bond donors (Lipinski definition) is 1. The molecule has 204 valence electrons. The van der Waals surface area contributed by atoms with Gasteiger partial charge in [0.15, 0.2) is 5.65 Å². The molecule has 0 spiro atoms. The van der Waals surface area contributed by atoms with Crippen LogP contribution in [-0.4, -0.2) is 75.4 Å². The third-order valence-electron chi connectivity index (χ3n) is 7.93. The second kappa shape index (κ2) is 10.7. The lowest BCUT2D eigenvalue weighted by atomic mass is 9.95. The molecular formula is C29H33F2N7O. The molecule has 10 heteroatoms. The normalized spacial score (nSPS) is 20.4. The molecule has 0 bridgehead atoms. The van der Waals surface area contributed by atoms with Crippen molar-refractivity contribution in [2.75, 3.05) is 49.5 Å². The van der Waals surface area contributed by atoms with Crippen molar-refractivity contribution in [3.8, 4) is 0 Å². The quantitative estimate of drug-likeness (QED) is 0.513. The molecule has 0 saturated carbocycles. The van der Waals surface area contributed by atoms with Gasteiger partial charge in [0.1, 0.15) is 23.5 Å². The highest BCUT2D eigenvalue weighted by atomic mass is 19.1. The fourth-order valence-corrected chi connectivity index (χ4v) is 5.79. The molecule has 2 atom stereocenters. The number of likely N-dealkylation sites (tertiary alicyclic amines) is 1. The Hall–Kier alpha value is -3.95.